The number of alkyl halides is 2. The van der Waals surface area contributed by atoms with Gasteiger partial charge in [0.15, 0.2) is 0 Å². The molecular weight excluding hydrogens is 274 g/mol. The van der Waals surface area contributed by atoms with Crippen molar-refractivity contribution in [3.63, 3.8) is 0 Å². The second kappa shape index (κ2) is 4.31. The molecule has 0 spiro atoms. The molecule has 0 amide bonds. The van der Waals surface area contributed by atoms with Crippen LogP contribution in [0.4, 0.5) is 8.78 Å². The smallest absolute Gasteiger partial charge is 0.338 e. The molecule has 1 N–H and O–H groups in total. The molecule has 4 nitrogen and oxygen atoms in total. The third-order valence-electron chi connectivity index (χ3n) is 1.56. The van der Waals surface area contributed by atoms with Crippen molar-refractivity contribution in [1.82, 2.24) is 4.98 Å². The van der Waals surface area contributed by atoms with Crippen molar-refractivity contribution in [3.05, 3.63) is 27.5 Å². The van der Waals surface area contributed by atoms with Crippen LogP contribution in [-0.4, -0.2) is 16.1 Å². The highest BCUT2D eigenvalue weighted by atomic mass is 79.9. The lowest BCUT2D eigenvalue weighted by atomic mass is 10.1. The molecule has 0 unspecified atom stereocenters. The summed E-state index contributed by atoms with van der Waals surface area (Å²) < 4.78 is 24.5. The number of hydrogen-bond acceptors (Lipinski definition) is 3. The second-order valence-electron chi connectivity index (χ2n) is 2.48. The Bertz CT molecular complexity index is 457. The molecule has 1 rings (SSSR count). The number of carboxylic acids is 1. The highest BCUT2D eigenvalue weighted by Crippen LogP contribution is 2.25. The molecule has 15 heavy (non-hydrogen) atoms. The Kier molecular flexibility index (Phi) is 3.31. The molecule has 1 aromatic rings. The number of aromatic nitrogens is 1. The van der Waals surface area contributed by atoms with E-state index in [4.69, 9.17) is 10.4 Å². The molecule has 0 aromatic carbocycles. The van der Waals surface area contributed by atoms with Crippen LogP contribution in [0.3, 0.4) is 0 Å². The number of hydrogen-bond donors (Lipinski definition) is 1. The Hall–Kier alpha value is -1.55. The molecule has 1 aromatic heterocycles. The van der Waals surface area contributed by atoms with Gasteiger partial charge in [-0.1, -0.05) is 0 Å². The minimum absolute atomic E-state index is 0.218. The van der Waals surface area contributed by atoms with Gasteiger partial charge in [0, 0.05) is 0 Å². The van der Waals surface area contributed by atoms with Crippen molar-refractivity contribution in [2.75, 3.05) is 0 Å². The van der Waals surface area contributed by atoms with E-state index in [1.54, 1.807) is 0 Å². The topological polar surface area (TPSA) is 74.0 Å². The van der Waals surface area contributed by atoms with Crippen molar-refractivity contribution >= 4 is 21.9 Å². The van der Waals surface area contributed by atoms with Crippen LogP contribution in [-0.2, 0) is 0 Å². The Labute approximate surface area is 91.3 Å². The second-order valence-corrected chi connectivity index (χ2v) is 3.23. The van der Waals surface area contributed by atoms with Crippen molar-refractivity contribution in [1.29, 1.82) is 5.26 Å². The highest BCUT2D eigenvalue weighted by Gasteiger charge is 2.20. The third kappa shape index (κ3) is 2.27. The van der Waals surface area contributed by atoms with E-state index in [9.17, 15) is 13.6 Å². The van der Waals surface area contributed by atoms with Crippen LogP contribution < -0.4 is 0 Å². The molecule has 0 aliphatic heterocycles. The average molecular weight is 277 g/mol. The molecule has 0 saturated carbocycles. The first kappa shape index (κ1) is 11.5. The molecule has 0 bridgehead atoms. The number of carbonyl (C=O) groups is 1. The van der Waals surface area contributed by atoms with Gasteiger partial charge in [0.1, 0.15) is 16.4 Å². The molecular formula is C8H3BrF2N2O2. The molecule has 0 fully saturated rings. The molecule has 7 heteroatoms. The quantitative estimate of drug-likeness (QED) is 0.842. The number of nitrogens with zero attached hydrogens (tertiary/aromatic N) is 2. The summed E-state index contributed by atoms with van der Waals surface area (Å²) in [7, 11) is 0. The predicted molar refractivity (Wildman–Crippen MR) is 48.6 cm³/mol. The first-order chi connectivity index (χ1) is 6.97. The Morgan fingerprint density at radius 3 is 2.67 bits per heavy atom. The maximum absolute atomic E-state index is 12.3. The standard InChI is InChI=1S/C8H3BrF2N2O2/c9-6-4(8(14)15)1-3(2-12)5(13-6)7(10)11/h1,7H,(H,14,15). The van der Waals surface area contributed by atoms with Gasteiger partial charge in [-0.15, -0.1) is 0 Å². The van der Waals surface area contributed by atoms with E-state index >= 15 is 0 Å². The van der Waals surface area contributed by atoms with E-state index < -0.39 is 23.7 Å². The van der Waals surface area contributed by atoms with Gasteiger partial charge in [0.25, 0.3) is 6.43 Å². The summed E-state index contributed by atoms with van der Waals surface area (Å²) in [5, 5.41) is 17.2. The zero-order valence-electron chi connectivity index (χ0n) is 7.04. The lowest BCUT2D eigenvalue weighted by Crippen LogP contribution is -2.04. The summed E-state index contributed by atoms with van der Waals surface area (Å²) in [6.07, 6.45) is -2.92. The fourth-order valence-electron chi connectivity index (χ4n) is 0.910. The number of carboxylic acid groups (broad SMARTS) is 1. The maximum atomic E-state index is 12.3. The molecule has 0 aliphatic carbocycles. The number of nitriles is 1. The van der Waals surface area contributed by atoms with Crippen molar-refractivity contribution < 1.29 is 18.7 Å². The van der Waals surface area contributed by atoms with Gasteiger partial charge in [-0.2, -0.15) is 5.26 Å². The number of halogens is 3. The van der Waals surface area contributed by atoms with Gasteiger partial charge < -0.3 is 5.11 Å². The predicted octanol–water partition coefficient (Wildman–Crippen LogP) is 2.35. The molecule has 1 heterocycles. The first-order valence-corrected chi connectivity index (χ1v) is 4.38. The molecule has 0 atom stereocenters. The Balaban J connectivity index is 3.44. The Morgan fingerprint density at radius 1 is 1.67 bits per heavy atom. The third-order valence-corrected chi connectivity index (χ3v) is 2.17. The van der Waals surface area contributed by atoms with Crippen molar-refractivity contribution in [3.8, 4) is 6.07 Å². The zero-order chi connectivity index (χ0) is 11.6. The maximum Gasteiger partial charge on any atom is 0.338 e. The van der Waals surface area contributed by atoms with Crippen LogP contribution in [0.25, 0.3) is 0 Å². The Morgan fingerprint density at radius 2 is 2.27 bits per heavy atom. The van der Waals surface area contributed by atoms with Crippen LogP contribution in [0.2, 0.25) is 0 Å². The summed E-state index contributed by atoms with van der Waals surface area (Å²) in [5.41, 5.74) is -1.49. The fourth-order valence-corrected chi connectivity index (χ4v) is 1.38. The largest absolute Gasteiger partial charge is 0.478 e. The van der Waals surface area contributed by atoms with Gasteiger partial charge in [-0.05, 0) is 22.0 Å². The minimum Gasteiger partial charge on any atom is -0.478 e. The normalized spacial score (nSPS) is 10.1. The van der Waals surface area contributed by atoms with E-state index in [-0.39, 0.29) is 10.2 Å². The number of pyridine rings is 1. The average Bonchev–Trinajstić information content (AvgIpc) is 2.16. The highest BCUT2D eigenvalue weighted by molar-refractivity contribution is 9.10. The van der Waals surface area contributed by atoms with Crippen LogP contribution in [0.5, 0.6) is 0 Å². The van der Waals surface area contributed by atoms with Crippen LogP contribution in [0.1, 0.15) is 28.0 Å². The zero-order valence-corrected chi connectivity index (χ0v) is 8.62. The summed E-state index contributed by atoms with van der Waals surface area (Å²) in [4.78, 5) is 13.9. The van der Waals surface area contributed by atoms with E-state index in [0.717, 1.165) is 6.07 Å². The summed E-state index contributed by atoms with van der Waals surface area (Å²) >= 11 is 2.74. The molecule has 0 saturated heterocycles. The van der Waals surface area contributed by atoms with Gasteiger partial charge in [0.2, 0.25) is 0 Å². The van der Waals surface area contributed by atoms with Gasteiger partial charge in [0.05, 0.1) is 11.1 Å². The fraction of sp³-hybridized carbons (Fsp3) is 0.125. The number of rotatable bonds is 2. The van der Waals surface area contributed by atoms with E-state index in [1.165, 1.54) is 6.07 Å². The van der Waals surface area contributed by atoms with Crippen LogP contribution in [0.15, 0.2) is 10.7 Å². The lowest BCUT2D eigenvalue weighted by molar-refractivity contribution is 0.0694. The number of aromatic carboxylic acids is 1. The van der Waals surface area contributed by atoms with Crippen LogP contribution >= 0.6 is 15.9 Å². The van der Waals surface area contributed by atoms with Gasteiger partial charge in [-0.25, -0.2) is 18.6 Å². The lowest BCUT2D eigenvalue weighted by Gasteiger charge is -2.04. The molecule has 78 valence electrons. The van der Waals surface area contributed by atoms with Crippen LogP contribution in [0, 0.1) is 11.3 Å². The van der Waals surface area contributed by atoms with Crippen molar-refractivity contribution in [2.24, 2.45) is 0 Å². The van der Waals surface area contributed by atoms with Gasteiger partial charge >= 0.3 is 5.97 Å². The molecule has 0 aliphatic rings. The minimum atomic E-state index is -2.92. The summed E-state index contributed by atoms with van der Waals surface area (Å²) in [6.45, 7) is 0. The first-order valence-electron chi connectivity index (χ1n) is 3.59. The molecule has 0 radical (unpaired) electrons. The van der Waals surface area contributed by atoms with E-state index in [2.05, 4.69) is 20.9 Å². The van der Waals surface area contributed by atoms with E-state index in [0.29, 0.717) is 0 Å². The monoisotopic (exact) mass is 276 g/mol. The van der Waals surface area contributed by atoms with Crippen molar-refractivity contribution in [2.45, 2.75) is 6.43 Å². The summed E-state index contributed by atoms with van der Waals surface area (Å²) in [5.74, 6) is -1.34. The summed E-state index contributed by atoms with van der Waals surface area (Å²) in [6, 6.07) is 2.33. The van der Waals surface area contributed by atoms with Gasteiger partial charge in [-0.3, -0.25) is 0 Å². The SMILES string of the molecule is N#Cc1cc(C(=O)O)c(Br)nc1C(F)F. The van der Waals surface area contributed by atoms with E-state index in [1.807, 2.05) is 0 Å².